The van der Waals surface area contributed by atoms with Crippen molar-refractivity contribution in [3.05, 3.63) is 72.3 Å². The van der Waals surface area contributed by atoms with E-state index in [0.29, 0.717) is 11.6 Å². The number of anilines is 2. The zero-order valence-corrected chi connectivity index (χ0v) is 16.7. The monoisotopic (exact) mass is 410 g/mol. The lowest BCUT2D eigenvalue weighted by atomic mass is 9.89. The maximum atomic E-state index is 11.4. The molecule has 0 aliphatic carbocycles. The number of nitrogens with one attached hydrogen (secondary N) is 3. The van der Waals surface area contributed by atoms with Crippen molar-refractivity contribution in [2.75, 3.05) is 5.32 Å². The molecule has 150 valence electrons. The Morgan fingerprint density at radius 2 is 1.97 bits per heavy atom. The SMILES string of the molecule is CCCC12NC=CC=C1C(c1ccnc(Nc3ccc(S(N)(=O)=O)cc3)n1)=CN2. The van der Waals surface area contributed by atoms with Crippen LogP contribution in [0, 0.1) is 0 Å². The summed E-state index contributed by atoms with van der Waals surface area (Å²) in [6.45, 7) is 2.15. The lowest BCUT2D eigenvalue weighted by molar-refractivity contribution is 0.369. The lowest BCUT2D eigenvalue weighted by Crippen LogP contribution is -2.52. The molecule has 0 saturated heterocycles. The molecule has 2 aliphatic rings. The molecule has 1 unspecified atom stereocenters. The van der Waals surface area contributed by atoms with Gasteiger partial charge in [-0.3, -0.25) is 0 Å². The van der Waals surface area contributed by atoms with E-state index < -0.39 is 10.0 Å². The summed E-state index contributed by atoms with van der Waals surface area (Å²) in [6, 6.07) is 7.99. The van der Waals surface area contributed by atoms with E-state index in [1.54, 1.807) is 18.3 Å². The first kappa shape index (κ1) is 19.2. The number of sulfonamides is 1. The summed E-state index contributed by atoms with van der Waals surface area (Å²) in [7, 11) is -3.72. The number of allylic oxidation sites excluding steroid dienone is 2. The second kappa shape index (κ2) is 7.34. The summed E-state index contributed by atoms with van der Waals surface area (Å²) in [5, 5.41) is 15.1. The second-order valence-corrected chi connectivity index (χ2v) is 8.46. The average Bonchev–Trinajstić information content (AvgIpc) is 3.07. The zero-order chi connectivity index (χ0) is 20.5. The van der Waals surface area contributed by atoms with Gasteiger partial charge < -0.3 is 16.0 Å². The van der Waals surface area contributed by atoms with E-state index in [0.717, 1.165) is 29.7 Å². The van der Waals surface area contributed by atoms with Gasteiger partial charge in [0.2, 0.25) is 16.0 Å². The molecule has 0 fully saturated rings. The number of primary sulfonamides is 1. The summed E-state index contributed by atoms with van der Waals surface area (Å²) in [6.07, 6.45) is 11.7. The third-order valence-electron chi connectivity index (χ3n) is 4.90. The van der Waals surface area contributed by atoms with Crippen LogP contribution in [0.4, 0.5) is 11.6 Å². The van der Waals surface area contributed by atoms with Gasteiger partial charge >= 0.3 is 0 Å². The van der Waals surface area contributed by atoms with Crippen molar-refractivity contribution in [2.45, 2.75) is 30.3 Å². The summed E-state index contributed by atoms with van der Waals surface area (Å²) >= 11 is 0. The van der Waals surface area contributed by atoms with E-state index in [9.17, 15) is 8.42 Å². The minimum atomic E-state index is -3.72. The van der Waals surface area contributed by atoms with Gasteiger partial charge in [0.1, 0.15) is 5.66 Å². The summed E-state index contributed by atoms with van der Waals surface area (Å²) < 4.78 is 22.8. The molecule has 0 saturated carbocycles. The Bertz CT molecular complexity index is 1120. The van der Waals surface area contributed by atoms with E-state index in [1.165, 1.54) is 12.1 Å². The van der Waals surface area contributed by atoms with Crippen LogP contribution in [0.3, 0.4) is 0 Å². The van der Waals surface area contributed by atoms with Crippen LogP contribution < -0.4 is 21.1 Å². The number of fused-ring (bicyclic) bond motifs is 1. The molecule has 0 bridgehead atoms. The molecular weight excluding hydrogens is 388 g/mol. The fourth-order valence-electron chi connectivity index (χ4n) is 3.56. The van der Waals surface area contributed by atoms with Crippen LogP contribution in [0.25, 0.3) is 5.57 Å². The third kappa shape index (κ3) is 3.74. The van der Waals surface area contributed by atoms with Gasteiger partial charge in [0, 0.05) is 29.2 Å². The molecule has 5 N–H and O–H groups in total. The van der Waals surface area contributed by atoms with E-state index in [-0.39, 0.29) is 10.6 Å². The number of dihydropyridines is 1. The maximum Gasteiger partial charge on any atom is 0.238 e. The molecule has 3 heterocycles. The lowest BCUT2D eigenvalue weighted by Gasteiger charge is -2.34. The predicted octanol–water partition coefficient (Wildman–Crippen LogP) is 2.35. The van der Waals surface area contributed by atoms with E-state index in [1.807, 2.05) is 24.5 Å². The van der Waals surface area contributed by atoms with Crippen molar-refractivity contribution in [3.8, 4) is 0 Å². The predicted molar refractivity (Wildman–Crippen MR) is 112 cm³/mol. The third-order valence-corrected chi connectivity index (χ3v) is 5.83. The molecular formula is C20H22N6O2S. The first-order chi connectivity index (χ1) is 13.9. The number of hydrogen-bond donors (Lipinski definition) is 4. The Kier molecular flexibility index (Phi) is 4.85. The van der Waals surface area contributed by atoms with Crippen molar-refractivity contribution >= 4 is 27.2 Å². The fourth-order valence-corrected chi connectivity index (χ4v) is 4.07. The van der Waals surface area contributed by atoms with Crippen LogP contribution in [0.2, 0.25) is 0 Å². The second-order valence-electron chi connectivity index (χ2n) is 6.90. The number of nitrogens with two attached hydrogens (primary N) is 1. The quantitative estimate of drug-likeness (QED) is 0.577. The van der Waals surface area contributed by atoms with Crippen LogP contribution in [-0.4, -0.2) is 24.0 Å². The van der Waals surface area contributed by atoms with Crippen molar-refractivity contribution in [3.63, 3.8) is 0 Å². The minimum absolute atomic E-state index is 0.0527. The average molecular weight is 411 g/mol. The first-order valence-electron chi connectivity index (χ1n) is 9.28. The molecule has 1 aromatic carbocycles. The van der Waals surface area contributed by atoms with Gasteiger partial charge in [-0.2, -0.15) is 0 Å². The highest BCUT2D eigenvalue weighted by atomic mass is 32.2. The topological polar surface area (TPSA) is 122 Å². The number of hydrogen-bond acceptors (Lipinski definition) is 7. The molecule has 9 heteroatoms. The van der Waals surface area contributed by atoms with Gasteiger partial charge in [-0.15, -0.1) is 0 Å². The molecule has 29 heavy (non-hydrogen) atoms. The van der Waals surface area contributed by atoms with Crippen molar-refractivity contribution in [2.24, 2.45) is 5.14 Å². The zero-order valence-electron chi connectivity index (χ0n) is 15.9. The maximum absolute atomic E-state index is 11.4. The van der Waals surface area contributed by atoms with Crippen LogP contribution >= 0.6 is 0 Å². The Morgan fingerprint density at radius 3 is 2.69 bits per heavy atom. The van der Waals surface area contributed by atoms with Gasteiger partial charge in [0.25, 0.3) is 0 Å². The Balaban J connectivity index is 1.58. The molecule has 0 radical (unpaired) electrons. The Morgan fingerprint density at radius 1 is 1.17 bits per heavy atom. The van der Waals surface area contributed by atoms with Gasteiger partial charge in [-0.25, -0.2) is 23.5 Å². The molecule has 1 aromatic heterocycles. The molecule has 2 aliphatic heterocycles. The molecule has 0 spiro atoms. The van der Waals surface area contributed by atoms with Crippen LogP contribution in [0.1, 0.15) is 25.5 Å². The van der Waals surface area contributed by atoms with Crippen LogP contribution in [-0.2, 0) is 10.0 Å². The van der Waals surface area contributed by atoms with Gasteiger partial charge in [-0.05, 0) is 49.0 Å². The highest BCUT2D eigenvalue weighted by Crippen LogP contribution is 2.38. The van der Waals surface area contributed by atoms with Gasteiger partial charge in [0.05, 0.1) is 10.6 Å². The number of aromatic nitrogens is 2. The van der Waals surface area contributed by atoms with E-state index in [4.69, 9.17) is 5.14 Å². The number of benzene rings is 1. The number of rotatable bonds is 6. The van der Waals surface area contributed by atoms with E-state index >= 15 is 0 Å². The van der Waals surface area contributed by atoms with Crippen molar-refractivity contribution in [1.29, 1.82) is 0 Å². The largest absolute Gasteiger partial charge is 0.365 e. The molecule has 4 rings (SSSR count). The number of nitrogens with zero attached hydrogens (tertiary/aromatic N) is 2. The summed E-state index contributed by atoms with van der Waals surface area (Å²) in [5.74, 6) is 0.416. The van der Waals surface area contributed by atoms with Crippen molar-refractivity contribution in [1.82, 2.24) is 20.6 Å². The van der Waals surface area contributed by atoms with Gasteiger partial charge in [0.15, 0.2) is 0 Å². The fraction of sp³-hybridized carbons (Fsp3) is 0.200. The molecule has 8 nitrogen and oxygen atoms in total. The highest BCUT2D eigenvalue weighted by Gasteiger charge is 2.39. The van der Waals surface area contributed by atoms with Crippen molar-refractivity contribution < 1.29 is 8.42 Å². The summed E-state index contributed by atoms with van der Waals surface area (Å²) in [5.41, 5.74) is 3.29. The van der Waals surface area contributed by atoms with E-state index in [2.05, 4.69) is 38.9 Å². The molecule has 0 amide bonds. The van der Waals surface area contributed by atoms with Crippen LogP contribution in [0.15, 0.2) is 71.5 Å². The standard InChI is InChI=1S/C20H22N6O2S/c1-2-10-20-17(4-3-11-23-20)16(13-24-20)18-9-12-22-19(26-18)25-14-5-7-15(8-6-14)29(21,27)28/h3-9,11-13,23-24H,2,10H2,1H3,(H2,21,27,28)(H,22,25,26). The van der Waals surface area contributed by atoms with Crippen LogP contribution in [0.5, 0.6) is 0 Å². The Hall–Kier alpha value is -3.17. The smallest absolute Gasteiger partial charge is 0.238 e. The molecule has 2 aromatic rings. The summed E-state index contributed by atoms with van der Waals surface area (Å²) in [4.78, 5) is 8.96. The molecule has 1 atom stereocenters. The highest BCUT2D eigenvalue weighted by molar-refractivity contribution is 7.89. The normalized spacial score (nSPS) is 20.2. The Labute approximate surface area is 169 Å². The van der Waals surface area contributed by atoms with Gasteiger partial charge in [-0.1, -0.05) is 19.4 Å². The first-order valence-corrected chi connectivity index (χ1v) is 10.8. The minimum Gasteiger partial charge on any atom is -0.365 e.